The van der Waals surface area contributed by atoms with Crippen LogP contribution < -0.4 is 0 Å². The lowest BCUT2D eigenvalue weighted by atomic mass is 9.90. The molecule has 1 atom stereocenters. The molecule has 1 rings (SSSR count). The summed E-state index contributed by atoms with van der Waals surface area (Å²) >= 11 is 0. The molecule has 1 fully saturated rings. The van der Waals surface area contributed by atoms with E-state index in [1.807, 2.05) is 0 Å². The molecule has 0 amide bonds. The molecule has 0 saturated carbocycles. The second-order valence-electron chi connectivity index (χ2n) is 7.97. The molecule has 0 radical (unpaired) electrons. The zero-order chi connectivity index (χ0) is 13.8. The van der Waals surface area contributed by atoms with E-state index in [2.05, 4.69) is 58.3 Å². The van der Waals surface area contributed by atoms with Crippen LogP contribution in [0.25, 0.3) is 0 Å². The lowest BCUT2D eigenvalue weighted by Crippen LogP contribution is -2.36. The summed E-state index contributed by atoms with van der Waals surface area (Å²) < 4.78 is 0. The third-order valence-electron chi connectivity index (χ3n) is 3.33. The van der Waals surface area contributed by atoms with Crippen molar-refractivity contribution in [3.05, 3.63) is 0 Å². The Hall–Kier alpha value is -0.480. The molecule has 1 unspecified atom stereocenters. The fourth-order valence-electron chi connectivity index (χ4n) is 2.19. The van der Waals surface area contributed by atoms with Crippen molar-refractivity contribution < 1.29 is 0 Å². The van der Waals surface area contributed by atoms with Crippen LogP contribution in [0.3, 0.4) is 0 Å². The summed E-state index contributed by atoms with van der Waals surface area (Å²) in [6.45, 7) is 17.2. The summed E-state index contributed by atoms with van der Waals surface area (Å²) in [5.41, 5.74) is 0.595. The monoisotopic (exact) mass is 249 g/mol. The normalized spacial score (nSPS) is 22.4. The predicted octanol–water partition coefficient (Wildman–Crippen LogP) is 4.18. The second-order valence-corrected chi connectivity index (χ2v) is 7.97. The van der Waals surface area contributed by atoms with Crippen LogP contribution in [-0.2, 0) is 0 Å². The minimum atomic E-state index is 0.147. The highest BCUT2D eigenvalue weighted by atomic mass is 15.1. The molecule has 0 aromatic rings. The molecule has 1 aliphatic rings. The van der Waals surface area contributed by atoms with Crippen LogP contribution in [0, 0.1) is 28.6 Å². The van der Waals surface area contributed by atoms with Crippen molar-refractivity contribution in [3.8, 4) is 11.8 Å². The molecule has 0 bridgehead atoms. The van der Waals surface area contributed by atoms with Crippen molar-refractivity contribution in [1.29, 1.82) is 0 Å². The number of rotatable bonds is 2. The van der Waals surface area contributed by atoms with Crippen molar-refractivity contribution >= 4 is 0 Å². The van der Waals surface area contributed by atoms with Gasteiger partial charge in [0.25, 0.3) is 0 Å². The van der Waals surface area contributed by atoms with Crippen LogP contribution in [0.1, 0.15) is 60.8 Å². The van der Waals surface area contributed by atoms with Gasteiger partial charge < -0.3 is 4.90 Å². The molecule has 0 aliphatic carbocycles. The number of hydrogen-bond acceptors (Lipinski definition) is 1. The van der Waals surface area contributed by atoms with E-state index in [4.69, 9.17) is 0 Å². The van der Waals surface area contributed by atoms with Gasteiger partial charge >= 0.3 is 0 Å². The zero-order valence-corrected chi connectivity index (χ0v) is 13.3. The molecule has 1 nitrogen and oxygen atoms in total. The number of hydrogen-bond donors (Lipinski definition) is 0. The highest BCUT2D eigenvalue weighted by Crippen LogP contribution is 2.22. The van der Waals surface area contributed by atoms with Crippen LogP contribution in [0.2, 0.25) is 0 Å². The van der Waals surface area contributed by atoms with Gasteiger partial charge in [0.2, 0.25) is 0 Å². The van der Waals surface area contributed by atoms with Crippen LogP contribution in [-0.4, -0.2) is 24.5 Å². The maximum atomic E-state index is 3.50. The lowest BCUT2D eigenvalue weighted by molar-refractivity contribution is 0.175. The Morgan fingerprint density at radius 3 is 2.33 bits per heavy atom. The van der Waals surface area contributed by atoms with Crippen molar-refractivity contribution in [2.75, 3.05) is 19.6 Å². The summed E-state index contributed by atoms with van der Waals surface area (Å²) in [6.07, 6.45) is 3.88. The van der Waals surface area contributed by atoms with Gasteiger partial charge in [-0.3, -0.25) is 0 Å². The fraction of sp³-hybridized carbons (Fsp3) is 0.882. The van der Waals surface area contributed by atoms with Crippen LogP contribution in [0.5, 0.6) is 0 Å². The van der Waals surface area contributed by atoms with Crippen molar-refractivity contribution in [2.45, 2.75) is 60.8 Å². The third kappa shape index (κ3) is 7.07. The fourth-order valence-corrected chi connectivity index (χ4v) is 2.19. The number of nitrogens with zero attached hydrogens (tertiary/aromatic N) is 1. The van der Waals surface area contributed by atoms with Gasteiger partial charge in [0.1, 0.15) is 0 Å². The van der Waals surface area contributed by atoms with Gasteiger partial charge in [0.15, 0.2) is 0 Å². The van der Waals surface area contributed by atoms with E-state index >= 15 is 0 Å². The van der Waals surface area contributed by atoms with Gasteiger partial charge in [-0.25, -0.2) is 0 Å². The van der Waals surface area contributed by atoms with E-state index in [0.29, 0.717) is 11.3 Å². The summed E-state index contributed by atoms with van der Waals surface area (Å²) in [5.74, 6) is 7.50. The van der Waals surface area contributed by atoms with Crippen LogP contribution >= 0.6 is 0 Å². The molecule has 104 valence electrons. The van der Waals surface area contributed by atoms with Gasteiger partial charge in [0.05, 0.1) is 0 Å². The molecular weight excluding hydrogens is 218 g/mol. The Morgan fingerprint density at radius 2 is 1.78 bits per heavy atom. The zero-order valence-electron chi connectivity index (χ0n) is 13.3. The predicted molar refractivity (Wildman–Crippen MR) is 80.5 cm³/mol. The summed E-state index contributed by atoms with van der Waals surface area (Å²) in [4.78, 5) is 2.61. The van der Waals surface area contributed by atoms with E-state index in [1.165, 1.54) is 38.9 Å². The summed E-state index contributed by atoms with van der Waals surface area (Å²) in [7, 11) is 0. The molecule has 18 heavy (non-hydrogen) atoms. The Morgan fingerprint density at radius 1 is 1.11 bits per heavy atom. The lowest BCUT2D eigenvalue weighted by Gasteiger charge is -2.32. The number of piperidine rings is 1. The van der Waals surface area contributed by atoms with E-state index in [0.717, 1.165) is 0 Å². The molecule has 0 spiro atoms. The molecule has 1 aliphatic heterocycles. The average Bonchev–Trinajstić information content (AvgIpc) is 2.22. The SMILES string of the molecule is CC(C)(C)C#CC1CCCN(CCC(C)(C)C)C1. The number of likely N-dealkylation sites (tertiary alicyclic amines) is 1. The molecule has 0 N–H and O–H groups in total. The average molecular weight is 249 g/mol. The molecular formula is C17H31N. The Balaban J connectivity index is 2.43. The van der Waals surface area contributed by atoms with Gasteiger partial charge in [-0.1, -0.05) is 32.6 Å². The van der Waals surface area contributed by atoms with Crippen molar-refractivity contribution in [3.63, 3.8) is 0 Å². The Labute approximate surface area is 114 Å². The minimum absolute atomic E-state index is 0.147. The van der Waals surface area contributed by atoms with Crippen molar-refractivity contribution in [2.24, 2.45) is 16.7 Å². The van der Waals surface area contributed by atoms with Gasteiger partial charge in [0, 0.05) is 17.9 Å². The molecule has 1 saturated heterocycles. The van der Waals surface area contributed by atoms with Crippen LogP contribution in [0.15, 0.2) is 0 Å². The van der Waals surface area contributed by atoms with Gasteiger partial charge in [-0.05, 0) is 58.5 Å². The molecule has 0 aromatic carbocycles. The highest BCUT2D eigenvalue weighted by molar-refractivity contribution is 5.11. The molecule has 1 heteroatoms. The first-order chi connectivity index (χ1) is 8.16. The first-order valence-corrected chi connectivity index (χ1v) is 7.41. The van der Waals surface area contributed by atoms with Crippen LogP contribution in [0.4, 0.5) is 0 Å². The smallest absolute Gasteiger partial charge is 0.0330 e. The summed E-state index contributed by atoms with van der Waals surface area (Å²) in [6, 6.07) is 0. The van der Waals surface area contributed by atoms with Gasteiger partial charge in [-0.2, -0.15) is 0 Å². The van der Waals surface area contributed by atoms with E-state index in [9.17, 15) is 0 Å². The van der Waals surface area contributed by atoms with E-state index < -0.39 is 0 Å². The van der Waals surface area contributed by atoms with Gasteiger partial charge in [-0.15, -0.1) is 0 Å². The topological polar surface area (TPSA) is 3.24 Å². The molecule has 0 aromatic heterocycles. The molecule has 1 heterocycles. The summed E-state index contributed by atoms with van der Waals surface area (Å²) in [5, 5.41) is 0. The maximum Gasteiger partial charge on any atom is 0.0330 e. The quantitative estimate of drug-likeness (QED) is 0.663. The highest BCUT2D eigenvalue weighted by Gasteiger charge is 2.20. The van der Waals surface area contributed by atoms with E-state index in [-0.39, 0.29) is 5.41 Å². The first kappa shape index (κ1) is 15.6. The Kier molecular flexibility index (Phi) is 5.29. The Bertz CT molecular complexity index is 305. The standard InChI is InChI=1S/C17H31N/c1-16(2,3)10-9-15-8-7-12-18(14-15)13-11-17(4,5)6/h15H,7-8,11-14H2,1-6H3. The van der Waals surface area contributed by atoms with Crippen molar-refractivity contribution in [1.82, 2.24) is 4.90 Å². The minimum Gasteiger partial charge on any atom is -0.302 e. The van der Waals surface area contributed by atoms with E-state index in [1.54, 1.807) is 0 Å². The second kappa shape index (κ2) is 6.11. The third-order valence-corrected chi connectivity index (χ3v) is 3.33. The largest absolute Gasteiger partial charge is 0.302 e. The first-order valence-electron chi connectivity index (χ1n) is 7.41. The maximum absolute atomic E-state index is 3.50.